The Morgan fingerprint density at radius 2 is 2.22 bits per heavy atom. The first-order chi connectivity index (χ1) is 8.69. The Morgan fingerprint density at radius 1 is 1.39 bits per heavy atom. The quantitative estimate of drug-likeness (QED) is 0.840. The zero-order valence-corrected chi connectivity index (χ0v) is 12.4. The highest BCUT2D eigenvalue weighted by atomic mass is 32.2. The fourth-order valence-corrected chi connectivity index (χ4v) is 3.39. The number of nitrogens with two attached hydrogens (primary N) is 1. The first-order valence-corrected chi connectivity index (χ1v) is 7.91. The molecule has 0 bridgehead atoms. The molecule has 0 atom stereocenters. The maximum absolute atomic E-state index is 5.64. The number of benzene rings is 1. The largest absolute Gasteiger partial charge is 0.326 e. The topological polar surface area (TPSA) is 38.9 Å². The van der Waals surface area contributed by atoms with Crippen molar-refractivity contribution in [2.75, 3.05) is 0 Å². The van der Waals surface area contributed by atoms with Crippen LogP contribution in [0.15, 0.2) is 34.5 Å². The first-order valence-electron chi connectivity index (χ1n) is 6.05. The summed E-state index contributed by atoms with van der Waals surface area (Å²) < 4.78 is 0. The smallest absolute Gasteiger partial charge is 0.0954 e. The molecule has 0 aliphatic carbocycles. The van der Waals surface area contributed by atoms with Crippen LogP contribution in [0.25, 0.3) is 0 Å². The third-order valence-corrected chi connectivity index (χ3v) is 4.81. The highest BCUT2D eigenvalue weighted by Crippen LogP contribution is 2.26. The molecule has 1 aromatic carbocycles. The summed E-state index contributed by atoms with van der Waals surface area (Å²) in [6.07, 6.45) is 0. The number of aromatic nitrogens is 1. The van der Waals surface area contributed by atoms with Crippen molar-refractivity contribution in [2.24, 2.45) is 5.73 Å². The number of thioether (sulfide) groups is 1. The van der Waals surface area contributed by atoms with Gasteiger partial charge >= 0.3 is 0 Å². The monoisotopic (exact) mass is 278 g/mol. The standard InChI is InChI=1S/C14H18N2S2/c1-10(2)14-16-12(9-18-14)8-17-13-5-3-4-11(6-13)7-15/h3-6,9-10H,7-8,15H2,1-2H3. The Hall–Kier alpha value is -0.840. The van der Waals surface area contributed by atoms with E-state index in [0.29, 0.717) is 12.5 Å². The van der Waals surface area contributed by atoms with Gasteiger partial charge in [0.2, 0.25) is 0 Å². The van der Waals surface area contributed by atoms with Crippen molar-refractivity contribution in [2.45, 2.75) is 37.0 Å². The van der Waals surface area contributed by atoms with E-state index in [0.717, 1.165) is 5.75 Å². The Labute approximate surface area is 117 Å². The number of hydrogen-bond donors (Lipinski definition) is 1. The molecule has 0 amide bonds. The summed E-state index contributed by atoms with van der Waals surface area (Å²) in [5.41, 5.74) is 8.00. The maximum Gasteiger partial charge on any atom is 0.0954 e. The second kappa shape index (κ2) is 6.36. The lowest BCUT2D eigenvalue weighted by Gasteiger charge is -2.02. The van der Waals surface area contributed by atoms with E-state index in [1.54, 1.807) is 11.3 Å². The van der Waals surface area contributed by atoms with Gasteiger partial charge in [0.1, 0.15) is 0 Å². The number of hydrogen-bond acceptors (Lipinski definition) is 4. The third kappa shape index (κ3) is 3.57. The first kappa shape index (κ1) is 13.6. The molecular formula is C14H18N2S2. The van der Waals surface area contributed by atoms with Gasteiger partial charge in [-0.25, -0.2) is 4.98 Å². The van der Waals surface area contributed by atoms with Gasteiger partial charge in [-0.3, -0.25) is 0 Å². The predicted octanol–water partition coefficient (Wildman–Crippen LogP) is 4.02. The molecule has 96 valence electrons. The van der Waals surface area contributed by atoms with Crippen LogP contribution in [0.5, 0.6) is 0 Å². The van der Waals surface area contributed by atoms with Gasteiger partial charge < -0.3 is 5.73 Å². The van der Waals surface area contributed by atoms with Crippen LogP contribution in [0.2, 0.25) is 0 Å². The third-order valence-electron chi connectivity index (χ3n) is 2.58. The molecule has 2 nitrogen and oxygen atoms in total. The minimum Gasteiger partial charge on any atom is -0.326 e. The van der Waals surface area contributed by atoms with E-state index in [9.17, 15) is 0 Å². The zero-order valence-electron chi connectivity index (χ0n) is 10.7. The van der Waals surface area contributed by atoms with Crippen molar-refractivity contribution < 1.29 is 0 Å². The van der Waals surface area contributed by atoms with Crippen LogP contribution in [0.3, 0.4) is 0 Å². The second-order valence-electron chi connectivity index (χ2n) is 4.47. The van der Waals surface area contributed by atoms with Crippen LogP contribution in [-0.4, -0.2) is 4.98 Å². The molecule has 0 saturated heterocycles. The SMILES string of the molecule is CC(C)c1nc(CSc2cccc(CN)c2)cs1. The van der Waals surface area contributed by atoms with Crippen LogP contribution < -0.4 is 5.73 Å². The molecule has 0 spiro atoms. The van der Waals surface area contributed by atoms with Gasteiger partial charge in [0, 0.05) is 28.5 Å². The predicted molar refractivity (Wildman–Crippen MR) is 80.1 cm³/mol. The van der Waals surface area contributed by atoms with Gasteiger partial charge in [0.25, 0.3) is 0 Å². The van der Waals surface area contributed by atoms with E-state index in [1.165, 1.54) is 21.2 Å². The number of rotatable bonds is 5. The molecule has 2 N–H and O–H groups in total. The lowest BCUT2D eigenvalue weighted by molar-refractivity contribution is 0.846. The summed E-state index contributed by atoms with van der Waals surface area (Å²) in [7, 11) is 0. The summed E-state index contributed by atoms with van der Waals surface area (Å²) in [5, 5.41) is 3.39. The van der Waals surface area contributed by atoms with E-state index in [2.05, 4.69) is 48.5 Å². The van der Waals surface area contributed by atoms with Gasteiger partial charge in [0.15, 0.2) is 0 Å². The molecule has 2 rings (SSSR count). The fraction of sp³-hybridized carbons (Fsp3) is 0.357. The molecule has 0 aliphatic rings. The summed E-state index contributed by atoms with van der Waals surface area (Å²) in [4.78, 5) is 5.90. The van der Waals surface area contributed by atoms with Gasteiger partial charge in [-0.15, -0.1) is 23.1 Å². The molecule has 0 radical (unpaired) electrons. The fourth-order valence-electron chi connectivity index (χ4n) is 1.57. The van der Waals surface area contributed by atoms with Gasteiger partial charge in [0.05, 0.1) is 10.7 Å². The Morgan fingerprint density at radius 3 is 2.89 bits per heavy atom. The van der Waals surface area contributed by atoms with Crippen molar-refractivity contribution in [3.8, 4) is 0 Å². The van der Waals surface area contributed by atoms with E-state index >= 15 is 0 Å². The van der Waals surface area contributed by atoms with Gasteiger partial charge in [-0.2, -0.15) is 0 Å². The van der Waals surface area contributed by atoms with Crippen molar-refractivity contribution in [1.82, 2.24) is 4.98 Å². The van der Waals surface area contributed by atoms with Crippen molar-refractivity contribution in [1.29, 1.82) is 0 Å². The van der Waals surface area contributed by atoms with Crippen LogP contribution in [0.4, 0.5) is 0 Å². The molecule has 1 aromatic heterocycles. The van der Waals surface area contributed by atoms with Crippen LogP contribution in [-0.2, 0) is 12.3 Å². The molecule has 4 heteroatoms. The van der Waals surface area contributed by atoms with Gasteiger partial charge in [-0.1, -0.05) is 26.0 Å². The van der Waals surface area contributed by atoms with Crippen molar-refractivity contribution in [3.05, 3.63) is 45.9 Å². The summed E-state index contributed by atoms with van der Waals surface area (Å²) in [5.74, 6) is 1.45. The molecule has 0 fully saturated rings. The van der Waals surface area contributed by atoms with Crippen molar-refractivity contribution >= 4 is 23.1 Å². The summed E-state index contributed by atoms with van der Waals surface area (Å²) >= 11 is 3.57. The minimum absolute atomic E-state index is 0.523. The number of nitrogens with zero attached hydrogens (tertiary/aromatic N) is 1. The molecule has 18 heavy (non-hydrogen) atoms. The second-order valence-corrected chi connectivity index (χ2v) is 6.41. The normalized spacial score (nSPS) is 11.1. The van der Waals surface area contributed by atoms with Crippen LogP contribution >= 0.6 is 23.1 Å². The molecule has 0 unspecified atom stereocenters. The highest BCUT2D eigenvalue weighted by Gasteiger charge is 2.06. The zero-order chi connectivity index (χ0) is 13.0. The molecule has 1 heterocycles. The maximum atomic E-state index is 5.64. The lowest BCUT2D eigenvalue weighted by Crippen LogP contribution is -1.95. The molecule has 2 aromatic rings. The van der Waals surface area contributed by atoms with Gasteiger partial charge in [-0.05, 0) is 17.7 Å². The minimum atomic E-state index is 0.523. The van der Waals surface area contributed by atoms with E-state index in [4.69, 9.17) is 5.73 Å². The molecule has 0 saturated carbocycles. The van der Waals surface area contributed by atoms with E-state index in [1.807, 2.05) is 11.8 Å². The van der Waals surface area contributed by atoms with Crippen LogP contribution in [0, 0.1) is 0 Å². The average Bonchev–Trinajstić information content (AvgIpc) is 2.85. The lowest BCUT2D eigenvalue weighted by atomic mass is 10.2. The van der Waals surface area contributed by atoms with E-state index in [-0.39, 0.29) is 0 Å². The van der Waals surface area contributed by atoms with Crippen molar-refractivity contribution in [3.63, 3.8) is 0 Å². The highest BCUT2D eigenvalue weighted by molar-refractivity contribution is 7.98. The Bertz CT molecular complexity index is 506. The number of thiazole rings is 1. The summed E-state index contributed by atoms with van der Waals surface area (Å²) in [6, 6.07) is 8.40. The van der Waals surface area contributed by atoms with Crippen LogP contribution in [0.1, 0.15) is 36.0 Å². The molecule has 0 aliphatic heterocycles. The Kier molecular flexibility index (Phi) is 4.80. The Balaban J connectivity index is 1.97. The average molecular weight is 278 g/mol. The molecular weight excluding hydrogens is 260 g/mol. The summed E-state index contributed by atoms with van der Waals surface area (Å²) in [6.45, 7) is 4.96. The van der Waals surface area contributed by atoms with E-state index < -0.39 is 0 Å².